The molecule has 0 spiro atoms. The van der Waals surface area contributed by atoms with Crippen LogP contribution in [0, 0.1) is 6.42 Å². The summed E-state index contributed by atoms with van der Waals surface area (Å²) in [6, 6.07) is 0. The molecular weight excluding hydrogens is 122 g/mol. The van der Waals surface area contributed by atoms with Crippen molar-refractivity contribution in [2.45, 2.75) is 0 Å². The van der Waals surface area contributed by atoms with E-state index in [2.05, 4.69) is 14.7 Å². The third-order valence-electron chi connectivity index (χ3n) is 0.578. The summed E-state index contributed by atoms with van der Waals surface area (Å²) in [6.07, 6.45) is 2.37. The normalized spacial score (nSPS) is 9.56. The molecular formula is C5H8NO3. The fourth-order valence-corrected chi connectivity index (χ4v) is 0.220. The molecule has 51 valence electrons. The Morgan fingerprint density at radius 2 is 2.22 bits per heavy atom. The first-order chi connectivity index (χ1) is 4.31. The van der Waals surface area contributed by atoms with E-state index in [0.717, 1.165) is 6.42 Å². The zero-order valence-electron chi connectivity index (χ0n) is 5.33. The van der Waals surface area contributed by atoms with E-state index in [1.165, 1.54) is 20.4 Å². The summed E-state index contributed by atoms with van der Waals surface area (Å²) in [6.45, 7) is 0. The molecule has 0 aliphatic heterocycles. The van der Waals surface area contributed by atoms with Gasteiger partial charge in [0.15, 0.2) is 0 Å². The van der Waals surface area contributed by atoms with Crippen molar-refractivity contribution in [1.82, 2.24) is 0 Å². The molecule has 0 unspecified atom stereocenters. The summed E-state index contributed by atoms with van der Waals surface area (Å²) >= 11 is 0. The van der Waals surface area contributed by atoms with Gasteiger partial charge in [0, 0.05) is 0 Å². The molecule has 0 aromatic carbocycles. The molecule has 0 aromatic heterocycles. The zero-order valence-corrected chi connectivity index (χ0v) is 5.33. The fourth-order valence-electron chi connectivity index (χ4n) is 0.220. The number of carbonyl (C=O) groups is 1. The van der Waals surface area contributed by atoms with Gasteiger partial charge in [0.25, 0.3) is 0 Å². The topological polar surface area (TPSA) is 47.9 Å². The standard InChI is InChI=1S/C5H8NO3/c1-8-5(7)3-4-6-9-2/h3-4H,1-2H3. The Balaban J connectivity index is 3.26. The van der Waals surface area contributed by atoms with Crippen LogP contribution in [-0.2, 0) is 14.4 Å². The van der Waals surface area contributed by atoms with E-state index in [1.54, 1.807) is 0 Å². The number of methoxy groups -OCH3 is 1. The lowest BCUT2D eigenvalue weighted by Crippen LogP contribution is -2.00. The summed E-state index contributed by atoms with van der Waals surface area (Å²) in [4.78, 5) is 14.5. The number of oxime groups is 1. The van der Waals surface area contributed by atoms with Gasteiger partial charge in [-0.3, -0.25) is 4.79 Å². The quantitative estimate of drug-likeness (QED) is 0.307. The molecule has 0 saturated carbocycles. The van der Waals surface area contributed by atoms with E-state index >= 15 is 0 Å². The summed E-state index contributed by atoms with van der Waals surface area (Å²) in [5.41, 5.74) is 0. The smallest absolute Gasteiger partial charge is 0.315 e. The number of nitrogens with zero attached hydrogens (tertiary/aromatic N) is 1. The number of rotatable bonds is 3. The van der Waals surface area contributed by atoms with Crippen LogP contribution >= 0.6 is 0 Å². The lowest BCUT2D eigenvalue weighted by molar-refractivity contribution is -0.135. The molecule has 0 fully saturated rings. The number of hydrogen-bond acceptors (Lipinski definition) is 4. The van der Waals surface area contributed by atoms with Crippen LogP contribution in [0.4, 0.5) is 0 Å². The van der Waals surface area contributed by atoms with Crippen molar-refractivity contribution in [2.75, 3.05) is 14.2 Å². The molecule has 0 atom stereocenters. The van der Waals surface area contributed by atoms with E-state index in [1.807, 2.05) is 0 Å². The highest BCUT2D eigenvalue weighted by Crippen LogP contribution is 1.77. The number of carbonyl (C=O) groups excluding carboxylic acids is 1. The minimum Gasteiger partial charge on any atom is -0.468 e. The van der Waals surface area contributed by atoms with Crippen molar-refractivity contribution in [2.24, 2.45) is 5.16 Å². The predicted molar refractivity (Wildman–Crippen MR) is 31.8 cm³/mol. The summed E-state index contributed by atoms with van der Waals surface area (Å²) < 4.78 is 4.26. The van der Waals surface area contributed by atoms with Crippen LogP contribution in [0.1, 0.15) is 0 Å². The molecule has 0 aliphatic carbocycles. The second-order valence-corrected chi connectivity index (χ2v) is 1.13. The average Bonchev–Trinajstić information content (AvgIpc) is 1.89. The van der Waals surface area contributed by atoms with Gasteiger partial charge in [-0.05, 0) is 0 Å². The molecule has 0 bridgehead atoms. The minimum atomic E-state index is -0.448. The van der Waals surface area contributed by atoms with E-state index < -0.39 is 5.97 Å². The third-order valence-corrected chi connectivity index (χ3v) is 0.578. The van der Waals surface area contributed by atoms with Crippen molar-refractivity contribution in [3.8, 4) is 0 Å². The molecule has 9 heavy (non-hydrogen) atoms. The Morgan fingerprint density at radius 1 is 1.56 bits per heavy atom. The molecule has 0 amide bonds. The van der Waals surface area contributed by atoms with Crippen molar-refractivity contribution in [3.63, 3.8) is 0 Å². The number of hydrogen-bond donors (Lipinski definition) is 0. The maximum atomic E-state index is 10.3. The number of ether oxygens (including phenoxy) is 1. The Labute approximate surface area is 53.4 Å². The van der Waals surface area contributed by atoms with Crippen LogP contribution in [0.5, 0.6) is 0 Å². The molecule has 0 rings (SSSR count). The van der Waals surface area contributed by atoms with Crippen LogP contribution in [0.3, 0.4) is 0 Å². The van der Waals surface area contributed by atoms with Gasteiger partial charge in [-0.2, -0.15) is 0 Å². The van der Waals surface area contributed by atoms with Crippen molar-refractivity contribution >= 4 is 12.2 Å². The molecule has 0 N–H and O–H groups in total. The van der Waals surface area contributed by atoms with E-state index in [-0.39, 0.29) is 0 Å². The third kappa shape index (κ3) is 4.80. The van der Waals surface area contributed by atoms with Gasteiger partial charge in [-0.1, -0.05) is 5.16 Å². The van der Waals surface area contributed by atoms with Crippen LogP contribution in [0.2, 0.25) is 0 Å². The fraction of sp³-hybridized carbons (Fsp3) is 0.400. The Bertz CT molecular complexity index is 111. The van der Waals surface area contributed by atoms with Crippen molar-refractivity contribution in [3.05, 3.63) is 6.42 Å². The van der Waals surface area contributed by atoms with Gasteiger partial charge >= 0.3 is 5.97 Å². The van der Waals surface area contributed by atoms with Gasteiger partial charge in [0.05, 0.1) is 13.3 Å². The summed E-state index contributed by atoms with van der Waals surface area (Å²) in [7, 11) is 2.68. The highest BCUT2D eigenvalue weighted by molar-refractivity contribution is 5.98. The lowest BCUT2D eigenvalue weighted by Gasteiger charge is -1.89. The lowest BCUT2D eigenvalue weighted by atomic mass is 10.5. The first kappa shape index (κ1) is 7.94. The second-order valence-electron chi connectivity index (χ2n) is 1.13. The summed E-state index contributed by atoms with van der Waals surface area (Å²) in [5.74, 6) is -0.448. The van der Waals surface area contributed by atoms with Gasteiger partial charge in [-0.15, -0.1) is 0 Å². The maximum absolute atomic E-state index is 10.3. The molecule has 1 radical (unpaired) electrons. The Hall–Kier alpha value is -1.06. The van der Waals surface area contributed by atoms with Crippen LogP contribution in [-0.4, -0.2) is 26.4 Å². The highest BCUT2D eigenvalue weighted by Gasteiger charge is 1.94. The highest BCUT2D eigenvalue weighted by atomic mass is 16.6. The largest absolute Gasteiger partial charge is 0.468 e. The van der Waals surface area contributed by atoms with Gasteiger partial charge in [0.2, 0.25) is 0 Å². The second kappa shape index (κ2) is 5.08. The first-order valence-electron chi connectivity index (χ1n) is 2.29. The summed E-state index contributed by atoms with van der Waals surface area (Å²) in [5, 5.41) is 3.28. The molecule has 0 saturated heterocycles. The van der Waals surface area contributed by atoms with Gasteiger partial charge < -0.3 is 9.57 Å². The van der Waals surface area contributed by atoms with E-state index in [4.69, 9.17) is 0 Å². The van der Waals surface area contributed by atoms with Crippen LogP contribution in [0.15, 0.2) is 5.16 Å². The minimum absolute atomic E-state index is 0.448. The Kier molecular flexibility index (Phi) is 4.49. The molecule has 4 heteroatoms. The average molecular weight is 130 g/mol. The SMILES string of the molecule is CON=C[CH]C(=O)OC. The predicted octanol–water partition coefficient (Wildman–Crippen LogP) is -0.00411. The van der Waals surface area contributed by atoms with Gasteiger partial charge in [-0.25, -0.2) is 0 Å². The molecule has 0 heterocycles. The van der Waals surface area contributed by atoms with E-state index in [9.17, 15) is 4.79 Å². The van der Waals surface area contributed by atoms with Crippen molar-refractivity contribution in [1.29, 1.82) is 0 Å². The molecule has 4 nitrogen and oxygen atoms in total. The Morgan fingerprint density at radius 3 is 2.67 bits per heavy atom. The zero-order chi connectivity index (χ0) is 7.11. The van der Waals surface area contributed by atoms with Crippen molar-refractivity contribution < 1.29 is 14.4 Å². The monoisotopic (exact) mass is 130 g/mol. The maximum Gasteiger partial charge on any atom is 0.315 e. The van der Waals surface area contributed by atoms with Crippen LogP contribution < -0.4 is 0 Å². The molecule has 0 aromatic rings. The molecule has 0 aliphatic rings. The van der Waals surface area contributed by atoms with Gasteiger partial charge in [0.1, 0.15) is 13.5 Å². The van der Waals surface area contributed by atoms with E-state index in [0.29, 0.717) is 0 Å². The van der Waals surface area contributed by atoms with Crippen LogP contribution in [0.25, 0.3) is 0 Å². The first-order valence-corrected chi connectivity index (χ1v) is 2.29. The number of esters is 1.